The summed E-state index contributed by atoms with van der Waals surface area (Å²) in [5.74, 6) is 1.36. The fourth-order valence-electron chi connectivity index (χ4n) is 3.53. The van der Waals surface area contributed by atoms with Crippen LogP contribution < -0.4 is 5.32 Å². The molecule has 0 aromatic heterocycles. The number of nitrogens with zero attached hydrogens (tertiary/aromatic N) is 1. The molecule has 3 aromatic rings. The van der Waals surface area contributed by atoms with Crippen molar-refractivity contribution in [1.29, 1.82) is 0 Å². The highest BCUT2D eigenvalue weighted by molar-refractivity contribution is 8.00. The summed E-state index contributed by atoms with van der Waals surface area (Å²) in [6.45, 7) is 2.62. The highest BCUT2D eigenvalue weighted by Gasteiger charge is 2.32. The summed E-state index contributed by atoms with van der Waals surface area (Å²) in [7, 11) is 0. The normalized spacial score (nSPS) is 15.8. The summed E-state index contributed by atoms with van der Waals surface area (Å²) in [6, 6.07) is 22.9. The largest absolute Gasteiger partial charge is 0.322 e. The Bertz CT molecular complexity index is 1100. The van der Waals surface area contributed by atoms with E-state index in [0.29, 0.717) is 22.9 Å². The summed E-state index contributed by atoms with van der Waals surface area (Å²) in [4.78, 5) is 28.2. The maximum Gasteiger partial charge on any atom is 0.255 e. The van der Waals surface area contributed by atoms with Gasteiger partial charge in [-0.05, 0) is 53.3 Å². The van der Waals surface area contributed by atoms with Crippen molar-refractivity contribution in [3.05, 3.63) is 94.5 Å². The summed E-state index contributed by atoms with van der Waals surface area (Å²) >= 11 is 9.28. The maximum absolute atomic E-state index is 12.8. The Kier molecular flexibility index (Phi) is 7.45. The fourth-order valence-corrected chi connectivity index (χ4v) is 5.61. The molecule has 4 rings (SSSR count). The van der Waals surface area contributed by atoms with E-state index in [9.17, 15) is 9.59 Å². The van der Waals surface area contributed by atoms with Crippen molar-refractivity contribution in [2.75, 3.05) is 16.8 Å². The summed E-state index contributed by atoms with van der Waals surface area (Å²) in [5, 5.41) is 3.62. The first kappa shape index (κ1) is 22.8. The van der Waals surface area contributed by atoms with Crippen LogP contribution in [0.15, 0.2) is 77.7 Å². The van der Waals surface area contributed by atoms with Gasteiger partial charge in [-0.3, -0.25) is 9.59 Å². The number of nitrogens with one attached hydrogen (secondary N) is 1. The summed E-state index contributed by atoms with van der Waals surface area (Å²) in [5.41, 5.74) is 3.45. The second kappa shape index (κ2) is 10.5. The van der Waals surface area contributed by atoms with Gasteiger partial charge in [0, 0.05) is 22.0 Å². The third-order valence-electron chi connectivity index (χ3n) is 5.13. The van der Waals surface area contributed by atoms with Gasteiger partial charge < -0.3 is 10.2 Å². The van der Waals surface area contributed by atoms with E-state index in [0.717, 1.165) is 27.5 Å². The SMILES string of the molecule is CCSc1ccccc1NC(=O)c1ccc([C@@H]2SCC(=O)N2Cc2ccc(Cl)cc2)cc1. The molecular formula is C25H23ClN2O2S2. The molecule has 0 aliphatic carbocycles. The summed E-state index contributed by atoms with van der Waals surface area (Å²) < 4.78 is 0. The molecule has 3 aromatic carbocycles. The Morgan fingerprint density at radius 1 is 1.09 bits per heavy atom. The highest BCUT2D eigenvalue weighted by Crippen LogP contribution is 2.39. The lowest BCUT2D eigenvalue weighted by molar-refractivity contribution is -0.128. The molecule has 4 nitrogen and oxygen atoms in total. The van der Waals surface area contributed by atoms with E-state index in [4.69, 9.17) is 11.6 Å². The molecule has 32 heavy (non-hydrogen) atoms. The number of anilines is 1. The molecule has 1 atom stereocenters. The Labute approximate surface area is 201 Å². The number of benzene rings is 3. The van der Waals surface area contributed by atoms with Gasteiger partial charge in [-0.25, -0.2) is 0 Å². The average molecular weight is 483 g/mol. The van der Waals surface area contributed by atoms with E-state index in [-0.39, 0.29) is 17.2 Å². The number of carbonyl (C=O) groups excluding carboxylic acids is 2. The molecule has 0 radical (unpaired) electrons. The third-order valence-corrected chi connectivity index (χ3v) is 7.59. The first-order valence-corrected chi connectivity index (χ1v) is 12.7. The lowest BCUT2D eigenvalue weighted by atomic mass is 10.1. The van der Waals surface area contributed by atoms with Crippen molar-refractivity contribution >= 4 is 52.6 Å². The molecule has 0 spiro atoms. The van der Waals surface area contributed by atoms with Crippen LogP contribution in [0.3, 0.4) is 0 Å². The molecule has 0 bridgehead atoms. The minimum atomic E-state index is -0.145. The number of hydrogen-bond donors (Lipinski definition) is 1. The smallest absolute Gasteiger partial charge is 0.255 e. The molecular weight excluding hydrogens is 460 g/mol. The molecule has 1 saturated heterocycles. The minimum absolute atomic E-state index is 0.0723. The lowest BCUT2D eigenvalue weighted by Crippen LogP contribution is -2.27. The van der Waals surface area contributed by atoms with Crippen LogP contribution in [0.2, 0.25) is 5.02 Å². The van der Waals surface area contributed by atoms with E-state index in [1.807, 2.05) is 77.7 Å². The van der Waals surface area contributed by atoms with Crippen LogP contribution in [0.4, 0.5) is 5.69 Å². The predicted octanol–water partition coefficient (Wildman–Crippen LogP) is 6.48. The van der Waals surface area contributed by atoms with Crippen molar-refractivity contribution in [3.63, 3.8) is 0 Å². The van der Waals surface area contributed by atoms with Crippen molar-refractivity contribution < 1.29 is 9.59 Å². The molecule has 164 valence electrons. The van der Waals surface area contributed by atoms with E-state index >= 15 is 0 Å². The summed E-state index contributed by atoms with van der Waals surface area (Å²) in [6.07, 6.45) is 0. The quantitative estimate of drug-likeness (QED) is 0.391. The first-order valence-electron chi connectivity index (χ1n) is 10.3. The van der Waals surface area contributed by atoms with Gasteiger partial charge in [0.15, 0.2) is 0 Å². The van der Waals surface area contributed by atoms with Crippen LogP contribution >= 0.6 is 35.1 Å². The van der Waals surface area contributed by atoms with Crippen LogP contribution in [0, 0.1) is 0 Å². The van der Waals surface area contributed by atoms with Gasteiger partial charge in [-0.1, -0.05) is 54.9 Å². The van der Waals surface area contributed by atoms with Crippen LogP contribution in [0.5, 0.6) is 0 Å². The standard InChI is InChI=1S/C25H23ClN2O2S2/c1-2-31-22-6-4-3-5-21(22)27-24(30)18-9-11-19(12-10-18)25-28(23(29)16-32-25)15-17-7-13-20(26)14-8-17/h3-14,25H,2,15-16H2,1H3,(H,27,30)/t25-/m0/s1. The maximum atomic E-state index is 12.8. The number of rotatable bonds is 7. The van der Waals surface area contributed by atoms with Crippen LogP contribution in [-0.4, -0.2) is 28.2 Å². The van der Waals surface area contributed by atoms with Gasteiger partial charge in [-0.2, -0.15) is 0 Å². The van der Waals surface area contributed by atoms with Gasteiger partial charge in [-0.15, -0.1) is 23.5 Å². The second-order valence-electron chi connectivity index (χ2n) is 7.32. The van der Waals surface area contributed by atoms with Gasteiger partial charge >= 0.3 is 0 Å². The number of amides is 2. The van der Waals surface area contributed by atoms with Gasteiger partial charge in [0.05, 0.1) is 11.4 Å². The van der Waals surface area contributed by atoms with Crippen LogP contribution in [0.1, 0.15) is 33.8 Å². The number of hydrogen-bond acceptors (Lipinski definition) is 4. The lowest BCUT2D eigenvalue weighted by Gasteiger charge is -2.24. The van der Waals surface area contributed by atoms with Crippen LogP contribution in [-0.2, 0) is 11.3 Å². The molecule has 2 amide bonds. The Morgan fingerprint density at radius 2 is 1.81 bits per heavy atom. The number of halogens is 1. The number of thioether (sulfide) groups is 2. The van der Waals surface area contributed by atoms with Crippen molar-refractivity contribution in [2.24, 2.45) is 0 Å². The predicted molar refractivity (Wildman–Crippen MR) is 134 cm³/mol. The zero-order valence-electron chi connectivity index (χ0n) is 17.6. The molecule has 0 saturated carbocycles. The van der Waals surface area contributed by atoms with E-state index in [1.54, 1.807) is 23.5 Å². The van der Waals surface area contributed by atoms with E-state index < -0.39 is 0 Å². The second-order valence-corrected chi connectivity index (χ2v) is 10.1. The molecule has 1 heterocycles. The number of carbonyl (C=O) groups is 2. The topological polar surface area (TPSA) is 49.4 Å². The zero-order chi connectivity index (χ0) is 22.5. The Balaban J connectivity index is 1.47. The molecule has 1 aliphatic rings. The fraction of sp³-hybridized carbons (Fsp3) is 0.200. The monoisotopic (exact) mass is 482 g/mol. The molecule has 1 fully saturated rings. The minimum Gasteiger partial charge on any atom is -0.322 e. The molecule has 0 unspecified atom stereocenters. The Morgan fingerprint density at radius 3 is 2.53 bits per heavy atom. The highest BCUT2D eigenvalue weighted by atomic mass is 35.5. The molecule has 1 aliphatic heterocycles. The zero-order valence-corrected chi connectivity index (χ0v) is 20.0. The van der Waals surface area contributed by atoms with Crippen molar-refractivity contribution in [1.82, 2.24) is 4.90 Å². The number of para-hydroxylation sites is 1. The van der Waals surface area contributed by atoms with E-state index in [2.05, 4.69) is 12.2 Å². The van der Waals surface area contributed by atoms with E-state index in [1.165, 1.54) is 0 Å². The first-order chi connectivity index (χ1) is 15.5. The van der Waals surface area contributed by atoms with Gasteiger partial charge in [0.1, 0.15) is 5.37 Å². The molecule has 7 heteroatoms. The Hall–Kier alpha value is -2.41. The molecule has 1 N–H and O–H groups in total. The van der Waals surface area contributed by atoms with Crippen molar-refractivity contribution in [2.45, 2.75) is 23.7 Å². The van der Waals surface area contributed by atoms with Crippen molar-refractivity contribution in [3.8, 4) is 0 Å². The average Bonchev–Trinajstić information content (AvgIpc) is 3.17. The van der Waals surface area contributed by atoms with Gasteiger partial charge in [0.2, 0.25) is 5.91 Å². The third kappa shape index (κ3) is 5.31. The van der Waals surface area contributed by atoms with Gasteiger partial charge in [0.25, 0.3) is 5.91 Å². The van der Waals surface area contributed by atoms with Crippen LogP contribution in [0.25, 0.3) is 0 Å².